The predicted molar refractivity (Wildman–Crippen MR) is 72.8 cm³/mol. The molecule has 0 amide bonds. The molecule has 0 aliphatic carbocycles. The maximum atomic E-state index is 8.96. The highest BCUT2D eigenvalue weighted by molar-refractivity contribution is 5.83. The third kappa shape index (κ3) is 2.12. The Morgan fingerprint density at radius 1 is 1.33 bits per heavy atom. The van der Waals surface area contributed by atoms with Gasteiger partial charge in [-0.2, -0.15) is 5.26 Å². The Kier molecular flexibility index (Phi) is 3.92. The first-order chi connectivity index (χ1) is 8.47. The van der Waals surface area contributed by atoms with E-state index < -0.39 is 0 Å². The lowest BCUT2D eigenvalue weighted by molar-refractivity contribution is 0.408. The highest BCUT2D eigenvalue weighted by atomic mass is 16.5. The summed E-state index contributed by atoms with van der Waals surface area (Å²) in [6, 6.07) is 3.80. The van der Waals surface area contributed by atoms with E-state index in [0.29, 0.717) is 28.1 Å². The molecule has 18 heavy (non-hydrogen) atoms. The van der Waals surface area contributed by atoms with E-state index in [2.05, 4.69) is 18.0 Å². The Morgan fingerprint density at radius 2 is 1.89 bits per heavy atom. The van der Waals surface area contributed by atoms with E-state index >= 15 is 0 Å². The van der Waals surface area contributed by atoms with Crippen LogP contribution < -0.4 is 4.74 Å². The molecule has 90 valence electrons. The van der Waals surface area contributed by atoms with E-state index in [1.165, 1.54) is 0 Å². The molecule has 0 aliphatic heterocycles. The van der Waals surface area contributed by atoms with E-state index in [4.69, 9.17) is 16.6 Å². The average Bonchev–Trinajstić information content (AvgIpc) is 2.38. The van der Waals surface area contributed by atoms with Crippen molar-refractivity contribution in [1.82, 2.24) is 0 Å². The highest BCUT2D eigenvalue weighted by Crippen LogP contribution is 2.35. The summed E-state index contributed by atoms with van der Waals surface area (Å²) in [6.07, 6.45) is 0. The summed E-state index contributed by atoms with van der Waals surface area (Å²) in [5, 5.41) is 8.96. The molecule has 0 spiro atoms. The van der Waals surface area contributed by atoms with Crippen molar-refractivity contribution in [2.45, 2.75) is 13.8 Å². The number of methoxy groups -OCH3 is 1. The number of benzene rings is 1. The minimum Gasteiger partial charge on any atom is -0.496 e. The van der Waals surface area contributed by atoms with Crippen molar-refractivity contribution in [3.63, 3.8) is 0 Å². The first kappa shape index (κ1) is 13.5. The Labute approximate surface area is 107 Å². The molecule has 0 heterocycles. The Bertz CT molecular complexity index is 563. The Balaban J connectivity index is 3.69. The number of rotatable bonds is 3. The number of ether oxygens (including phenoxy) is 1. The maximum absolute atomic E-state index is 8.96. The van der Waals surface area contributed by atoms with E-state index in [1.807, 2.05) is 19.9 Å². The van der Waals surface area contributed by atoms with Crippen LogP contribution in [0.25, 0.3) is 16.1 Å². The summed E-state index contributed by atoms with van der Waals surface area (Å²) in [5.41, 5.74) is 3.77. The summed E-state index contributed by atoms with van der Waals surface area (Å²) in [4.78, 5) is 3.34. The zero-order valence-corrected chi connectivity index (χ0v) is 10.8. The van der Waals surface area contributed by atoms with Crippen LogP contribution in [0.5, 0.6) is 5.75 Å². The van der Waals surface area contributed by atoms with Gasteiger partial charge in [0, 0.05) is 0 Å². The van der Waals surface area contributed by atoms with Crippen LogP contribution in [0.3, 0.4) is 0 Å². The Hall–Kier alpha value is -2.52. The van der Waals surface area contributed by atoms with Crippen molar-refractivity contribution >= 4 is 11.3 Å². The van der Waals surface area contributed by atoms with Crippen molar-refractivity contribution in [3.05, 3.63) is 52.9 Å². The predicted octanol–water partition coefficient (Wildman–Crippen LogP) is 3.74. The molecule has 1 rings (SSSR count). The lowest BCUT2D eigenvalue weighted by Gasteiger charge is -2.16. The fourth-order valence-electron chi connectivity index (χ4n) is 1.93. The number of nitrogens with zero attached hydrogens (tertiary/aromatic N) is 2. The quantitative estimate of drug-likeness (QED) is 0.594. The van der Waals surface area contributed by atoms with Gasteiger partial charge in [-0.1, -0.05) is 19.2 Å². The van der Waals surface area contributed by atoms with Gasteiger partial charge in [0.1, 0.15) is 5.75 Å². The van der Waals surface area contributed by atoms with E-state index in [0.717, 1.165) is 11.1 Å². The van der Waals surface area contributed by atoms with Gasteiger partial charge in [0.25, 0.3) is 0 Å². The number of nitriles is 1. The Morgan fingerprint density at radius 3 is 2.33 bits per heavy atom. The zero-order chi connectivity index (χ0) is 13.9. The SMILES string of the molecule is [C-]#[N+]C(=C)c1cc(C(=C)C#N)c(C)c(OC)c1C. The maximum Gasteiger partial charge on any atom is 0.187 e. The summed E-state index contributed by atoms with van der Waals surface area (Å²) in [5.74, 6) is 0.670. The molecular weight excluding hydrogens is 224 g/mol. The smallest absolute Gasteiger partial charge is 0.187 e. The summed E-state index contributed by atoms with van der Waals surface area (Å²) in [7, 11) is 1.57. The second-order valence-electron chi connectivity index (χ2n) is 3.90. The minimum absolute atomic E-state index is 0.331. The van der Waals surface area contributed by atoms with Crippen molar-refractivity contribution in [2.75, 3.05) is 7.11 Å². The molecule has 3 heteroatoms. The van der Waals surface area contributed by atoms with Gasteiger partial charge in [-0.15, -0.1) is 0 Å². The molecule has 0 aromatic heterocycles. The van der Waals surface area contributed by atoms with Crippen LogP contribution in [0, 0.1) is 31.8 Å². The standard InChI is InChI=1S/C15H14N2O/c1-9(8-16)13-7-14(12(4)17-5)11(3)15(18-6)10(13)2/h7H,1,4H2,2-3,6H3. The van der Waals surface area contributed by atoms with Crippen LogP contribution in [0.15, 0.2) is 19.2 Å². The van der Waals surface area contributed by atoms with Crippen molar-refractivity contribution in [1.29, 1.82) is 5.26 Å². The van der Waals surface area contributed by atoms with Crippen molar-refractivity contribution < 1.29 is 4.74 Å². The van der Waals surface area contributed by atoms with Gasteiger partial charge in [-0.05, 0) is 36.1 Å². The molecule has 0 radical (unpaired) electrons. The zero-order valence-electron chi connectivity index (χ0n) is 10.8. The molecule has 1 aromatic rings. The van der Waals surface area contributed by atoms with Gasteiger partial charge < -0.3 is 4.74 Å². The van der Waals surface area contributed by atoms with E-state index in [-0.39, 0.29) is 0 Å². The first-order valence-electron chi connectivity index (χ1n) is 5.32. The lowest BCUT2D eigenvalue weighted by atomic mass is 9.93. The van der Waals surface area contributed by atoms with Crippen LogP contribution >= 0.6 is 0 Å². The number of allylic oxidation sites excluding steroid dienone is 1. The third-order valence-corrected chi connectivity index (χ3v) is 2.89. The molecular formula is C15H14N2O. The fraction of sp³-hybridized carbons (Fsp3) is 0.200. The number of hydrogen-bond acceptors (Lipinski definition) is 2. The fourth-order valence-corrected chi connectivity index (χ4v) is 1.93. The molecule has 0 N–H and O–H groups in total. The van der Waals surface area contributed by atoms with Crippen LogP contribution in [0.2, 0.25) is 0 Å². The van der Waals surface area contributed by atoms with E-state index in [9.17, 15) is 0 Å². The molecule has 0 bridgehead atoms. The van der Waals surface area contributed by atoms with Crippen molar-refractivity contribution in [2.24, 2.45) is 0 Å². The molecule has 0 saturated carbocycles. The normalized spacial score (nSPS) is 9.17. The monoisotopic (exact) mass is 238 g/mol. The lowest BCUT2D eigenvalue weighted by Crippen LogP contribution is -1.99. The van der Waals surface area contributed by atoms with Crippen LogP contribution in [0.4, 0.5) is 0 Å². The summed E-state index contributed by atoms with van der Waals surface area (Å²) in [6.45, 7) is 18.2. The molecule has 0 aliphatic rings. The molecule has 0 unspecified atom stereocenters. The molecule has 0 fully saturated rings. The van der Waals surface area contributed by atoms with Gasteiger partial charge in [0.2, 0.25) is 0 Å². The second-order valence-corrected chi connectivity index (χ2v) is 3.90. The summed E-state index contributed by atoms with van der Waals surface area (Å²) >= 11 is 0. The molecule has 0 atom stereocenters. The number of hydrogen-bond donors (Lipinski definition) is 0. The van der Waals surface area contributed by atoms with Crippen LogP contribution in [-0.4, -0.2) is 7.11 Å². The first-order valence-corrected chi connectivity index (χ1v) is 5.32. The van der Waals surface area contributed by atoms with Gasteiger partial charge in [0.05, 0.1) is 25.3 Å². The minimum atomic E-state index is 0.331. The highest BCUT2D eigenvalue weighted by Gasteiger charge is 2.16. The van der Waals surface area contributed by atoms with Crippen LogP contribution in [-0.2, 0) is 0 Å². The van der Waals surface area contributed by atoms with Gasteiger partial charge in [-0.25, -0.2) is 4.85 Å². The molecule has 3 nitrogen and oxygen atoms in total. The van der Waals surface area contributed by atoms with Crippen molar-refractivity contribution in [3.8, 4) is 11.8 Å². The summed E-state index contributed by atoms with van der Waals surface area (Å²) < 4.78 is 5.35. The van der Waals surface area contributed by atoms with E-state index in [1.54, 1.807) is 13.2 Å². The largest absolute Gasteiger partial charge is 0.496 e. The molecule has 1 aromatic carbocycles. The van der Waals surface area contributed by atoms with Gasteiger partial charge in [-0.3, -0.25) is 0 Å². The van der Waals surface area contributed by atoms with Crippen LogP contribution in [0.1, 0.15) is 22.3 Å². The van der Waals surface area contributed by atoms with Gasteiger partial charge >= 0.3 is 0 Å². The van der Waals surface area contributed by atoms with Gasteiger partial charge in [0.15, 0.2) is 5.70 Å². The second kappa shape index (κ2) is 5.21. The third-order valence-electron chi connectivity index (χ3n) is 2.89. The topological polar surface area (TPSA) is 37.4 Å². The average molecular weight is 238 g/mol. The molecule has 0 saturated heterocycles.